The van der Waals surface area contributed by atoms with Gasteiger partial charge in [0.15, 0.2) is 0 Å². The Kier molecular flexibility index (Phi) is 7.08. The molecule has 1 aromatic carbocycles. The van der Waals surface area contributed by atoms with Crippen molar-refractivity contribution in [3.63, 3.8) is 0 Å². The summed E-state index contributed by atoms with van der Waals surface area (Å²) in [6, 6.07) is 10.4. The molecule has 0 aliphatic carbocycles. The average molecular weight is 255 g/mol. The average Bonchev–Trinajstić information content (AvgIpc) is 2.30. The highest BCUT2D eigenvalue weighted by Crippen LogP contribution is 2.00. The second-order valence-corrected chi connectivity index (χ2v) is 5.69. The number of benzene rings is 1. The maximum Gasteiger partial charge on any atom is 0.0717 e. The Morgan fingerprint density at radius 1 is 1.35 bits per heavy atom. The van der Waals surface area contributed by atoms with Gasteiger partial charge in [0.1, 0.15) is 0 Å². The van der Waals surface area contributed by atoms with Gasteiger partial charge < -0.3 is 10.1 Å². The maximum atomic E-state index is 10.9. The van der Waals surface area contributed by atoms with E-state index in [-0.39, 0.29) is 0 Å². The van der Waals surface area contributed by atoms with Crippen molar-refractivity contribution in [3.8, 4) is 0 Å². The van der Waals surface area contributed by atoms with E-state index in [9.17, 15) is 4.21 Å². The molecule has 0 bridgehead atoms. The van der Waals surface area contributed by atoms with Crippen molar-refractivity contribution in [1.29, 1.82) is 0 Å². The first kappa shape index (κ1) is 14.4. The molecule has 4 heteroatoms. The molecule has 0 radical (unpaired) electrons. The lowest BCUT2D eigenvalue weighted by molar-refractivity contribution is 0.103. The predicted molar refractivity (Wildman–Crippen MR) is 72.5 cm³/mol. The zero-order valence-corrected chi connectivity index (χ0v) is 11.3. The molecule has 0 fully saturated rings. The zero-order chi connectivity index (χ0) is 12.5. The molecule has 1 N–H and O–H groups in total. The summed E-state index contributed by atoms with van der Waals surface area (Å²) in [4.78, 5) is 0. The van der Waals surface area contributed by atoms with E-state index in [1.165, 1.54) is 5.56 Å². The van der Waals surface area contributed by atoms with Gasteiger partial charge in [-0.25, -0.2) is 0 Å². The highest BCUT2D eigenvalue weighted by Gasteiger charge is 2.01. The van der Waals surface area contributed by atoms with E-state index in [0.717, 1.165) is 6.54 Å². The monoisotopic (exact) mass is 255 g/mol. The number of hydrogen-bond donors (Lipinski definition) is 1. The Balaban J connectivity index is 2.08. The van der Waals surface area contributed by atoms with Crippen molar-refractivity contribution in [1.82, 2.24) is 5.32 Å². The molecule has 96 valence electrons. The molecule has 0 aromatic heterocycles. The Labute approximate surface area is 106 Å². The Hall–Kier alpha value is -0.710. The molecule has 0 spiro atoms. The number of rotatable bonds is 8. The largest absolute Gasteiger partial charge is 0.375 e. The maximum absolute atomic E-state index is 10.9. The zero-order valence-electron chi connectivity index (χ0n) is 10.5. The van der Waals surface area contributed by atoms with Crippen LogP contribution >= 0.6 is 0 Å². The second kappa shape index (κ2) is 8.39. The van der Waals surface area contributed by atoms with Gasteiger partial charge in [-0.3, -0.25) is 4.21 Å². The first-order valence-corrected chi connectivity index (χ1v) is 7.56. The van der Waals surface area contributed by atoms with E-state index in [4.69, 9.17) is 4.74 Å². The summed E-state index contributed by atoms with van der Waals surface area (Å²) < 4.78 is 16.5. The minimum Gasteiger partial charge on any atom is -0.375 e. The summed E-state index contributed by atoms with van der Waals surface area (Å²) >= 11 is 0. The van der Waals surface area contributed by atoms with Crippen molar-refractivity contribution in [3.05, 3.63) is 35.9 Å². The van der Waals surface area contributed by atoms with E-state index in [0.29, 0.717) is 25.0 Å². The van der Waals surface area contributed by atoms with Crippen LogP contribution in [-0.4, -0.2) is 35.4 Å². The lowest BCUT2D eigenvalue weighted by atomic mass is 10.2. The number of hydrogen-bond acceptors (Lipinski definition) is 3. The van der Waals surface area contributed by atoms with Crippen LogP contribution in [0.3, 0.4) is 0 Å². The minimum atomic E-state index is -0.721. The van der Waals surface area contributed by atoms with E-state index < -0.39 is 10.8 Å². The van der Waals surface area contributed by atoms with Crippen LogP contribution in [0.1, 0.15) is 12.5 Å². The van der Waals surface area contributed by atoms with Crippen LogP contribution in [0.5, 0.6) is 0 Å². The summed E-state index contributed by atoms with van der Waals surface area (Å²) in [5.74, 6) is 0.697. The second-order valence-electron chi connectivity index (χ2n) is 4.13. The van der Waals surface area contributed by atoms with Gasteiger partial charge in [-0.15, -0.1) is 0 Å². The van der Waals surface area contributed by atoms with Gasteiger partial charge in [0.05, 0.1) is 13.2 Å². The van der Waals surface area contributed by atoms with Crippen molar-refractivity contribution in [2.75, 3.05) is 25.2 Å². The number of nitrogens with one attached hydrogen (secondary N) is 1. The van der Waals surface area contributed by atoms with Crippen LogP contribution < -0.4 is 5.32 Å². The fourth-order valence-corrected chi connectivity index (χ4v) is 1.84. The summed E-state index contributed by atoms with van der Waals surface area (Å²) in [6.45, 7) is 4.17. The third kappa shape index (κ3) is 7.26. The van der Waals surface area contributed by atoms with E-state index in [1.54, 1.807) is 6.26 Å². The molecule has 17 heavy (non-hydrogen) atoms. The summed E-state index contributed by atoms with van der Waals surface area (Å²) in [5, 5.41) is 3.28. The van der Waals surface area contributed by atoms with Crippen LogP contribution in [0.2, 0.25) is 0 Å². The Morgan fingerprint density at radius 3 is 2.71 bits per heavy atom. The van der Waals surface area contributed by atoms with Gasteiger partial charge >= 0.3 is 0 Å². The van der Waals surface area contributed by atoms with Gasteiger partial charge in [0.25, 0.3) is 0 Å². The van der Waals surface area contributed by atoms with Gasteiger partial charge in [-0.05, 0) is 12.5 Å². The molecule has 0 saturated heterocycles. The molecule has 0 heterocycles. The predicted octanol–water partition coefficient (Wildman–Crippen LogP) is 1.56. The van der Waals surface area contributed by atoms with Gasteiger partial charge in [0, 0.05) is 35.4 Å². The lowest BCUT2D eigenvalue weighted by Crippen LogP contribution is -2.33. The highest BCUT2D eigenvalue weighted by atomic mass is 32.2. The topological polar surface area (TPSA) is 38.3 Å². The molecule has 0 saturated carbocycles. The van der Waals surface area contributed by atoms with Gasteiger partial charge in [0.2, 0.25) is 0 Å². The smallest absolute Gasteiger partial charge is 0.0717 e. The van der Waals surface area contributed by atoms with Crippen LogP contribution in [-0.2, 0) is 22.1 Å². The fourth-order valence-electron chi connectivity index (χ4n) is 1.44. The molecule has 0 aliphatic heterocycles. The molecule has 2 unspecified atom stereocenters. The Bertz CT molecular complexity index is 329. The van der Waals surface area contributed by atoms with Crippen LogP contribution in [0, 0.1) is 0 Å². The summed E-state index contributed by atoms with van der Waals surface area (Å²) in [5.41, 5.74) is 1.19. The molecule has 1 aromatic rings. The molecule has 0 aliphatic rings. The van der Waals surface area contributed by atoms with Crippen molar-refractivity contribution in [2.45, 2.75) is 19.6 Å². The first-order valence-electron chi connectivity index (χ1n) is 5.83. The molecule has 2 atom stereocenters. The van der Waals surface area contributed by atoms with Crippen LogP contribution in [0.15, 0.2) is 30.3 Å². The third-order valence-corrected chi connectivity index (χ3v) is 3.14. The van der Waals surface area contributed by atoms with Crippen molar-refractivity contribution in [2.24, 2.45) is 0 Å². The van der Waals surface area contributed by atoms with Crippen molar-refractivity contribution >= 4 is 10.8 Å². The fraction of sp³-hybridized carbons (Fsp3) is 0.538. The normalized spacial score (nSPS) is 14.5. The third-order valence-electron chi connectivity index (χ3n) is 2.36. The molecule has 1 rings (SSSR count). The molecule has 0 amide bonds. The van der Waals surface area contributed by atoms with Crippen LogP contribution in [0.25, 0.3) is 0 Å². The van der Waals surface area contributed by atoms with E-state index in [1.807, 2.05) is 18.2 Å². The molecular weight excluding hydrogens is 234 g/mol. The van der Waals surface area contributed by atoms with E-state index in [2.05, 4.69) is 24.4 Å². The Morgan fingerprint density at radius 2 is 2.06 bits per heavy atom. The summed E-state index contributed by atoms with van der Waals surface area (Å²) in [7, 11) is -0.721. The van der Waals surface area contributed by atoms with Gasteiger partial charge in [-0.1, -0.05) is 30.3 Å². The standard InChI is InChI=1S/C13H21NO2S/c1-12(14-8-9-17(2)15)10-16-11-13-6-4-3-5-7-13/h3-7,12,14H,8-11H2,1-2H3. The summed E-state index contributed by atoms with van der Waals surface area (Å²) in [6.07, 6.45) is 1.72. The highest BCUT2D eigenvalue weighted by molar-refractivity contribution is 7.84. The molecule has 3 nitrogen and oxygen atoms in total. The van der Waals surface area contributed by atoms with Gasteiger partial charge in [-0.2, -0.15) is 0 Å². The lowest BCUT2D eigenvalue weighted by Gasteiger charge is -2.13. The number of ether oxygens (including phenoxy) is 1. The van der Waals surface area contributed by atoms with Crippen molar-refractivity contribution < 1.29 is 8.95 Å². The minimum absolute atomic E-state index is 0.294. The van der Waals surface area contributed by atoms with Crippen LogP contribution in [0.4, 0.5) is 0 Å². The quantitative estimate of drug-likeness (QED) is 0.766. The SMILES string of the molecule is CC(COCc1ccccc1)NCCS(C)=O. The molecular formula is C13H21NO2S. The first-order chi connectivity index (χ1) is 8.18. The van der Waals surface area contributed by atoms with E-state index >= 15 is 0 Å².